The van der Waals surface area contributed by atoms with Gasteiger partial charge in [0.15, 0.2) is 6.04 Å². The van der Waals surface area contributed by atoms with Crippen LogP contribution in [0.2, 0.25) is 0 Å². The molecule has 0 fully saturated rings. The van der Waals surface area contributed by atoms with Gasteiger partial charge in [-0.25, -0.2) is 14.4 Å². The number of ether oxygens (including phenoxy) is 4. The number of benzene rings is 1. The standard InChI is InChI=1S/C23H36N2O7/c1-22(2,3)31-16-18(19(26)29-7)25(14-13-24-20(27)32-23(4,5)6)21(28)30-15-17-11-9-8-10-12-17/h8-12,18H,13-16H2,1-7H3,(H,24,27)/t18-/m1/s1. The highest BCUT2D eigenvalue weighted by Crippen LogP contribution is 2.13. The van der Waals surface area contributed by atoms with Gasteiger partial charge in [-0.1, -0.05) is 30.3 Å². The summed E-state index contributed by atoms with van der Waals surface area (Å²) in [5.41, 5.74) is -0.401. The summed E-state index contributed by atoms with van der Waals surface area (Å²) in [4.78, 5) is 38.5. The number of carbonyl (C=O) groups excluding carboxylic acids is 3. The maximum absolute atomic E-state index is 12.9. The van der Waals surface area contributed by atoms with Gasteiger partial charge in [-0.05, 0) is 47.1 Å². The summed E-state index contributed by atoms with van der Waals surface area (Å²) in [6.45, 7) is 10.7. The number of methoxy groups -OCH3 is 1. The molecule has 0 heterocycles. The van der Waals surface area contributed by atoms with Gasteiger partial charge in [-0.3, -0.25) is 4.90 Å². The molecular weight excluding hydrogens is 416 g/mol. The monoisotopic (exact) mass is 452 g/mol. The van der Waals surface area contributed by atoms with Crippen molar-refractivity contribution in [2.24, 2.45) is 0 Å². The summed E-state index contributed by atoms with van der Waals surface area (Å²) >= 11 is 0. The lowest BCUT2D eigenvalue weighted by Crippen LogP contribution is -2.52. The maximum atomic E-state index is 12.9. The third-order valence-corrected chi connectivity index (χ3v) is 3.98. The number of alkyl carbamates (subject to hydrolysis) is 1. The van der Waals surface area contributed by atoms with Gasteiger partial charge in [0, 0.05) is 13.1 Å². The Labute approximate surface area is 190 Å². The predicted octanol–water partition coefficient (Wildman–Crippen LogP) is 3.51. The third kappa shape index (κ3) is 11.0. The van der Waals surface area contributed by atoms with Crippen molar-refractivity contribution in [3.63, 3.8) is 0 Å². The second-order valence-corrected chi connectivity index (χ2v) is 9.12. The molecule has 0 aliphatic rings. The highest BCUT2D eigenvalue weighted by molar-refractivity contribution is 5.81. The first-order chi connectivity index (χ1) is 14.8. The number of hydrogen-bond acceptors (Lipinski definition) is 7. The van der Waals surface area contributed by atoms with E-state index in [0.717, 1.165) is 5.56 Å². The average molecular weight is 453 g/mol. The third-order valence-electron chi connectivity index (χ3n) is 3.98. The van der Waals surface area contributed by atoms with Crippen molar-refractivity contribution in [2.45, 2.75) is 65.4 Å². The van der Waals surface area contributed by atoms with Crippen LogP contribution in [0, 0.1) is 0 Å². The zero-order valence-corrected chi connectivity index (χ0v) is 20.1. The van der Waals surface area contributed by atoms with Crippen molar-refractivity contribution in [2.75, 3.05) is 26.8 Å². The molecule has 1 N–H and O–H groups in total. The molecule has 9 heteroatoms. The van der Waals surface area contributed by atoms with E-state index in [1.54, 1.807) is 20.8 Å². The number of amides is 2. The van der Waals surface area contributed by atoms with Gasteiger partial charge >= 0.3 is 18.2 Å². The number of hydrogen-bond donors (Lipinski definition) is 1. The molecule has 1 rings (SSSR count). The van der Waals surface area contributed by atoms with Crippen LogP contribution < -0.4 is 5.32 Å². The number of carbonyl (C=O) groups is 3. The van der Waals surface area contributed by atoms with Crippen LogP contribution in [0.3, 0.4) is 0 Å². The molecule has 0 aliphatic carbocycles. The molecule has 2 amide bonds. The molecule has 0 radical (unpaired) electrons. The molecule has 1 atom stereocenters. The Morgan fingerprint density at radius 1 is 1.00 bits per heavy atom. The Bertz CT molecular complexity index is 739. The minimum atomic E-state index is -1.05. The summed E-state index contributed by atoms with van der Waals surface area (Å²) in [6, 6.07) is 8.12. The number of nitrogens with zero attached hydrogens (tertiary/aromatic N) is 1. The van der Waals surface area contributed by atoms with Crippen LogP contribution in [0.1, 0.15) is 47.1 Å². The topological polar surface area (TPSA) is 103 Å². The second-order valence-electron chi connectivity index (χ2n) is 9.12. The molecule has 0 bridgehead atoms. The fraction of sp³-hybridized carbons (Fsp3) is 0.609. The smallest absolute Gasteiger partial charge is 0.410 e. The van der Waals surface area contributed by atoms with Crippen molar-refractivity contribution >= 4 is 18.2 Å². The molecule has 0 unspecified atom stereocenters. The number of rotatable bonds is 9. The van der Waals surface area contributed by atoms with Crippen molar-refractivity contribution in [1.29, 1.82) is 0 Å². The first-order valence-electron chi connectivity index (χ1n) is 10.5. The van der Waals surface area contributed by atoms with Crippen LogP contribution in [-0.2, 0) is 30.3 Å². The molecule has 1 aromatic rings. The van der Waals surface area contributed by atoms with Gasteiger partial charge < -0.3 is 24.3 Å². The Kier molecular flexibility index (Phi) is 10.5. The van der Waals surface area contributed by atoms with E-state index in [4.69, 9.17) is 18.9 Å². The first-order valence-corrected chi connectivity index (χ1v) is 10.5. The lowest BCUT2D eigenvalue weighted by molar-refractivity contribution is -0.151. The zero-order valence-electron chi connectivity index (χ0n) is 20.1. The fourth-order valence-corrected chi connectivity index (χ4v) is 2.52. The molecule has 9 nitrogen and oxygen atoms in total. The largest absolute Gasteiger partial charge is 0.467 e. The van der Waals surface area contributed by atoms with E-state index in [9.17, 15) is 14.4 Å². The van der Waals surface area contributed by atoms with Gasteiger partial charge in [-0.2, -0.15) is 0 Å². The minimum absolute atomic E-state index is 0.0138. The van der Waals surface area contributed by atoms with Crippen molar-refractivity contribution in [3.8, 4) is 0 Å². The van der Waals surface area contributed by atoms with E-state index in [0.29, 0.717) is 0 Å². The van der Waals surface area contributed by atoms with Gasteiger partial charge in [0.2, 0.25) is 0 Å². The van der Waals surface area contributed by atoms with Crippen molar-refractivity contribution in [1.82, 2.24) is 10.2 Å². The summed E-state index contributed by atoms with van der Waals surface area (Å²) in [5.74, 6) is -0.650. The van der Waals surface area contributed by atoms with E-state index in [1.165, 1.54) is 12.0 Å². The zero-order chi connectivity index (χ0) is 24.4. The van der Waals surface area contributed by atoms with Gasteiger partial charge in [-0.15, -0.1) is 0 Å². The number of esters is 1. The fourth-order valence-electron chi connectivity index (χ4n) is 2.52. The van der Waals surface area contributed by atoms with Crippen molar-refractivity contribution < 1.29 is 33.3 Å². The Morgan fingerprint density at radius 2 is 1.62 bits per heavy atom. The molecule has 0 saturated carbocycles. The summed E-state index contributed by atoms with van der Waals surface area (Å²) in [7, 11) is 1.23. The highest BCUT2D eigenvalue weighted by atomic mass is 16.6. The van der Waals surface area contributed by atoms with Crippen LogP contribution in [0.25, 0.3) is 0 Å². The van der Waals surface area contributed by atoms with Gasteiger partial charge in [0.05, 0.1) is 19.3 Å². The lowest BCUT2D eigenvalue weighted by Gasteiger charge is -2.31. The molecule has 32 heavy (non-hydrogen) atoms. The van der Waals surface area contributed by atoms with E-state index in [-0.39, 0.29) is 26.3 Å². The van der Waals surface area contributed by atoms with Crippen LogP contribution >= 0.6 is 0 Å². The molecular formula is C23H36N2O7. The van der Waals surface area contributed by atoms with Gasteiger partial charge in [0.25, 0.3) is 0 Å². The summed E-state index contributed by atoms with van der Waals surface area (Å²) < 4.78 is 21.2. The van der Waals surface area contributed by atoms with E-state index in [1.807, 2.05) is 51.1 Å². The highest BCUT2D eigenvalue weighted by Gasteiger charge is 2.33. The molecule has 0 saturated heterocycles. The Hall–Kier alpha value is -2.81. The Balaban J connectivity index is 2.93. The lowest BCUT2D eigenvalue weighted by atomic mass is 10.2. The SMILES string of the molecule is COC(=O)[C@@H](COC(C)(C)C)N(CCNC(=O)OC(C)(C)C)C(=O)OCc1ccccc1. The molecule has 0 aliphatic heterocycles. The molecule has 1 aromatic carbocycles. The number of nitrogens with one attached hydrogen (secondary N) is 1. The van der Waals surface area contributed by atoms with Crippen LogP contribution in [0.4, 0.5) is 9.59 Å². The normalized spacial score (nSPS) is 12.5. The summed E-state index contributed by atoms with van der Waals surface area (Å²) in [5, 5.41) is 2.58. The quantitative estimate of drug-likeness (QED) is 0.452. The molecule has 0 spiro atoms. The molecule has 180 valence electrons. The molecule has 0 aromatic heterocycles. The van der Waals surface area contributed by atoms with Crippen molar-refractivity contribution in [3.05, 3.63) is 35.9 Å². The predicted molar refractivity (Wildman–Crippen MR) is 119 cm³/mol. The first kappa shape index (κ1) is 27.2. The van der Waals surface area contributed by atoms with Crippen LogP contribution in [-0.4, -0.2) is 67.1 Å². The van der Waals surface area contributed by atoms with Gasteiger partial charge in [0.1, 0.15) is 12.2 Å². The maximum Gasteiger partial charge on any atom is 0.410 e. The van der Waals surface area contributed by atoms with E-state index < -0.39 is 35.4 Å². The average Bonchev–Trinajstić information content (AvgIpc) is 2.69. The second kappa shape index (κ2) is 12.3. The Morgan fingerprint density at radius 3 is 2.16 bits per heavy atom. The minimum Gasteiger partial charge on any atom is -0.467 e. The van der Waals surface area contributed by atoms with E-state index in [2.05, 4.69) is 5.32 Å². The van der Waals surface area contributed by atoms with E-state index >= 15 is 0 Å². The summed E-state index contributed by atoms with van der Waals surface area (Å²) in [6.07, 6.45) is -1.36. The van der Waals surface area contributed by atoms with Crippen LogP contribution in [0.15, 0.2) is 30.3 Å². The van der Waals surface area contributed by atoms with Crippen LogP contribution in [0.5, 0.6) is 0 Å².